The smallest absolute Gasteiger partial charge is 0.138 e. The summed E-state index contributed by atoms with van der Waals surface area (Å²) in [7, 11) is 0. The van der Waals surface area contributed by atoms with Gasteiger partial charge >= 0.3 is 0 Å². The zero-order valence-electron chi connectivity index (χ0n) is 22.7. The van der Waals surface area contributed by atoms with E-state index < -0.39 is 34.6 Å². The summed E-state index contributed by atoms with van der Waals surface area (Å²) < 4.78 is 0. The molecule has 0 aromatic carbocycles. The number of aliphatic hydroxyl groups excluding tert-OH is 3. The fraction of sp³-hybridized carbons (Fsp3) is 0.800. The topological polar surface area (TPSA) is 94.8 Å². The summed E-state index contributed by atoms with van der Waals surface area (Å²) in [6.45, 7) is 18.3. The summed E-state index contributed by atoms with van der Waals surface area (Å²) in [6, 6.07) is 0. The van der Waals surface area contributed by atoms with Crippen LogP contribution in [0, 0.1) is 45.3 Å². The van der Waals surface area contributed by atoms with Crippen LogP contribution in [-0.2, 0) is 9.59 Å². The van der Waals surface area contributed by atoms with Crippen LogP contribution in [0.15, 0.2) is 23.8 Å². The Bertz CT molecular complexity index is 962. The molecule has 4 aliphatic carbocycles. The lowest BCUT2D eigenvalue weighted by Gasteiger charge is -2.66. The molecular formula is C30H46O5. The first kappa shape index (κ1) is 26.8. The van der Waals surface area contributed by atoms with Gasteiger partial charge in [0.05, 0.1) is 18.3 Å². The Labute approximate surface area is 211 Å². The molecule has 0 heterocycles. The Balaban J connectivity index is 1.77. The number of Topliss-reactive ketones (excluding diaryl/α,β-unsaturated/α-hetero) is 2. The third-order valence-corrected chi connectivity index (χ3v) is 11.5. The number of allylic oxidation sites excluding steroid dienone is 2. The van der Waals surface area contributed by atoms with Crippen LogP contribution in [-0.4, -0.2) is 45.2 Å². The Morgan fingerprint density at radius 2 is 1.77 bits per heavy atom. The summed E-state index contributed by atoms with van der Waals surface area (Å²) in [5, 5.41) is 33.1. The predicted molar refractivity (Wildman–Crippen MR) is 136 cm³/mol. The molecule has 10 atom stereocenters. The monoisotopic (exact) mass is 486 g/mol. The van der Waals surface area contributed by atoms with Crippen molar-refractivity contribution in [2.24, 2.45) is 45.3 Å². The maximum atomic E-state index is 14.1. The molecule has 35 heavy (non-hydrogen) atoms. The minimum absolute atomic E-state index is 0.0137. The highest BCUT2D eigenvalue weighted by atomic mass is 16.3. The number of hydrogen-bond acceptors (Lipinski definition) is 5. The molecule has 0 aromatic heterocycles. The van der Waals surface area contributed by atoms with Gasteiger partial charge in [-0.1, -0.05) is 58.4 Å². The molecule has 0 saturated heterocycles. The molecule has 0 amide bonds. The predicted octanol–water partition coefficient (Wildman–Crippen LogP) is 4.63. The summed E-state index contributed by atoms with van der Waals surface area (Å²) in [5.41, 5.74) is -0.147. The SMILES string of the molecule is C=C(/C=C(/C)[C@H]1C[C@H](O)[C@@]2(C)C3C(C(=O)C[C@]12C)[C@@]1(C)CCC(=O)C(C)(C)C1C[C@@H]3O)CC(C)O. The molecule has 196 valence electrons. The number of hydrogen-bond donors (Lipinski definition) is 3. The molecule has 4 saturated carbocycles. The van der Waals surface area contributed by atoms with Crippen molar-refractivity contribution in [3.8, 4) is 0 Å². The quantitative estimate of drug-likeness (QED) is 0.504. The molecule has 0 spiro atoms. The fourth-order valence-electron chi connectivity index (χ4n) is 9.59. The van der Waals surface area contributed by atoms with Gasteiger partial charge in [-0.05, 0) is 62.2 Å². The first-order valence-corrected chi connectivity index (χ1v) is 13.5. The third-order valence-electron chi connectivity index (χ3n) is 11.5. The zero-order valence-corrected chi connectivity index (χ0v) is 22.7. The van der Waals surface area contributed by atoms with Gasteiger partial charge in [0.15, 0.2) is 0 Å². The molecule has 0 radical (unpaired) electrons. The summed E-state index contributed by atoms with van der Waals surface area (Å²) in [6.07, 6.45) is 3.19. The molecule has 3 N–H and O–H groups in total. The van der Waals surface area contributed by atoms with E-state index in [1.165, 1.54) is 0 Å². The van der Waals surface area contributed by atoms with E-state index in [1.807, 2.05) is 26.8 Å². The summed E-state index contributed by atoms with van der Waals surface area (Å²) >= 11 is 0. The van der Waals surface area contributed by atoms with Gasteiger partial charge < -0.3 is 15.3 Å². The van der Waals surface area contributed by atoms with E-state index in [2.05, 4.69) is 27.4 Å². The standard InChI is InChI=1S/C30H46O5/c1-16(12-18(3)31)11-17(2)19-13-24(35)30(8)26-20(32)14-22-27(4,5)23(34)9-10-28(22,6)25(26)21(33)15-29(19,30)7/h11,18-20,22,24-26,31-32,35H,1,9-10,12-15H2,2-8H3/b17-11-/t18?,19-,20+,22?,24+,25?,26?,28+,29-,30+/m1/s1. The fourth-order valence-corrected chi connectivity index (χ4v) is 9.59. The molecule has 0 aromatic rings. The van der Waals surface area contributed by atoms with Crippen molar-refractivity contribution in [1.82, 2.24) is 0 Å². The van der Waals surface area contributed by atoms with Gasteiger partial charge in [-0.25, -0.2) is 0 Å². The maximum Gasteiger partial charge on any atom is 0.138 e. The average molecular weight is 487 g/mol. The van der Waals surface area contributed by atoms with Crippen LogP contribution in [0.2, 0.25) is 0 Å². The van der Waals surface area contributed by atoms with Crippen LogP contribution in [0.25, 0.3) is 0 Å². The van der Waals surface area contributed by atoms with Gasteiger partial charge in [-0.2, -0.15) is 0 Å². The van der Waals surface area contributed by atoms with Crippen molar-refractivity contribution in [3.05, 3.63) is 23.8 Å². The summed E-state index contributed by atoms with van der Waals surface area (Å²) in [4.78, 5) is 27.0. The minimum atomic E-state index is -0.736. The second-order valence-corrected chi connectivity index (χ2v) is 13.8. The van der Waals surface area contributed by atoms with Crippen molar-refractivity contribution in [2.75, 3.05) is 0 Å². The van der Waals surface area contributed by atoms with Crippen LogP contribution in [0.5, 0.6) is 0 Å². The first-order chi connectivity index (χ1) is 16.0. The Morgan fingerprint density at radius 3 is 2.37 bits per heavy atom. The number of aliphatic hydroxyl groups is 3. The Hall–Kier alpha value is -1.30. The van der Waals surface area contributed by atoms with Gasteiger partial charge in [-0.15, -0.1) is 0 Å². The van der Waals surface area contributed by atoms with Crippen LogP contribution in [0.3, 0.4) is 0 Å². The van der Waals surface area contributed by atoms with Gasteiger partial charge in [0.1, 0.15) is 11.6 Å². The number of ketones is 2. The Morgan fingerprint density at radius 1 is 1.14 bits per heavy atom. The zero-order chi connectivity index (χ0) is 26.3. The molecule has 5 heteroatoms. The number of fused-ring (bicyclic) bond motifs is 5. The van der Waals surface area contributed by atoms with Crippen molar-refractivity contribution in [1.29, 1.82) is 0 Å². The van der Waals surface area contributed by atoms with Crippen LogP contribution >= 0.6 is 0 Å². The van der Waals surface area contributed by atoms with E-state index in [0.29, 0.717) is 38.5 Å². The van der Waals surface area contributed by atoms with Crippen LogP contribution < -0.4 is 0 Å². The molecule has 5 nitrogen and oxygen atoms in total. The number of rotatable bonds is 4. The minimum Gasteiger partial charge on any atom is -0.393 e. The molecule has 0 bridgehead atoms. The molecule has 4 fully saturated rings. The van der Waals surface area contributed by atoms with Crippen molar-refractivity contribution in [2.45, 2.75) is 105 Å². The number of carbonyl (C=O) groups is 2. The second-order valence-electron chi connectivity index (χ2n) is 13.8. The van der Waals surface area contributed by atoms with E-state index in [-0.39, 0.29) is 40.7 Å². The lowest BCUT2D eigenvalue weighted by atomic mass is 9.37. The molecule has 4 rings (SSSR count). The first-order valence-electron chi connectivity index (χ1n) is 13.5. The van der Waals surface area contributed by atoms with E-state index >= 15 is 0 Å². The molecule has 0 aliphatic heterocycles. The lowest BCUT2D eigenvalue weighted by Crippen LogP contribution is -2.68. The molecular weight excluding hydrogens is 440 g/mol. The Kier molecular flexibility index (Phi) is 6.39. The van der Waals surface area contributed by atoms with Crippen LogP contribution in [0.1, 0.15) is 87.0 Å². The van der Waals surface area contributed by atoms with E-state index in [4.69, 9.17) is 0 Å². The average Bonchev–Trinajstić information content (AvgIpc) is 2.93. The van der Waals surface area contributed by atoms with E-state index in [0.717, 1.165) is 11.1 Å². The summed E-state index contributed by atoms with van der Waals surface area (Å²) in [5.74, 6) is -0.355. The maximum absolute atomic E-state index is 14.1. The molecule has 4 aliphatic rings. The van der Waals surface area contributed by atoms with Crippen molar-refractivity contribution < 1.29 is 24.9 Å². The second kappa shape index (κ2) is 8.36. The number of carbonyl (C=O) groups excluding carboxylic acids is 2. The van der Waals surface area contributed by atoms with Crippen molar-refractivity contribution >= 4 is 11.6 Å². The highest BCUT2D eigenvalue weighted by Gasteiger charge is 2.74. The third kappa shape index (κ3) is 3.59. The molecule has 4 unspecified atom stereocenters. The normalized spacial score (nSPS) is 48.1. The van der Waals surface area contributed by atoms with Gasteiger partial charge in [-0.3, -0.25) is 9.59 Å². The van der Waals surface area contributed by atoms with E-state index in [9.17, 15) is 24.9 Å². The lowest BCUT2D eigenvalue weighted by molar-refractivity contribution is -0.222. The van der Waals surface area contributed by atoms with Gasteiger partial charge in [0.25, 0.3) is 0 Å². The van der Waals surface area contributed by atoms with Gasteiger partial charge in [0, 0.05) is 35.5 Å². The van der Waals surface area contributed by atoms with Gasteiger partial charge in [0.2, 0.25) is 0 Å². The largest absolute Gasteiger partial charge is 0.393 e. The highest BCUT2D eigenvalue weighted by molar-refractivity contribution is 5.88. The van der Waals surface area contributed by atoms with Crippen LogP contribution in [0.4, 0.5) is 0 Å². The van der Waals surface area contributed by atoms with Crippen molar-refractivity contribution in [3.63, 3.8) is 0 Å². The van der Waals surface area contributed by atoms with E-state index in [1.54, 1.807) is 6.92 Å². The highest BCUT2D eigenvalue weighted by Crippen LogP contribution is 2.73.